The van der Waals surface area contributed by atoms with Gasteiger partial charge in [0.05, 0.1) is 29.5 Å². The van der Waals surface area contributed by atoms with E-state index in [4.69, 9.17) is 4.74 Å². The number of fused-ring (bicyclic) bond motifs is 2. The van der Waals surface area contributed by atoms with Crippen molar-refractivity contribution in [3.63, 3.8) is 0 Å². The molecule has 3 atom stereocenters. The van der Waals surface area contributed by atoms with Gasteiger partial charge < -0.3 is 28.9 Å². The zero-order chi connectivity index (χ0) is 52.1. The molecule has 3 saturated heterocycles. The Hall–Kier alpha value is -7.32. The number of halogens is 3. The van der Waals surface area contributed by atoms with Gasteiger partial charge in [0.25, 0.3) is 11.8 Å². The van der Waals surface area contributed by atoms with Gasteiger partial charge in [-0.05, 0) is 122 Å². The second kappa shape index (κ2) is 20.4. The van der Waals surface area contributed by atoms with E-state index in [1.165, 1.54) is 17.0 Å². The number of nitrogens with zero attached hydrogens (tertiary/aromatic N) is 10. The maximum Gasteiger partial charge on any atom is 0.418 e. The van der Waals surface area contributed by atoms with E-state index in [2.05, 4.69) is 30.2 Å². The van der Waals surface area contributed by atoms with Crippen LogP contribution >= 0.6 is 0 Å². The van der Waals surface area contributed by atoms with E-state index in [0.717, 1.165) is 97.1 Å². The highest BCUT2D eigenvalue weighted by Gasteiger charge is 2.40. The van der Waals surface area contributed by atoms with E-state index < -0.39 is 29.4 Å². The van der Waals surface area contributed by atoms with Gasteiger partial charge in [-0.3, -0.25) is 38.4 Å². The second-order valence-electron chi connectivity index (χ2n) is 20.7. The van der Waals surface area contributed by atoms with Crippen molar-refractivity contribution in [2.24, 2.45) is 13.0 Å². The lowest BCUT2D eigenvalue weighted by Gasteiger charge is -2.37. The summed E-state index contributed by atoms with van der Waals surface area (Å²) in [6.07, 6.45) is 4.84. The molecule has 0 spiro atoms. The lowest BCUT2D eigenvalue weighted by molar-refractivity contribution is -0.137. The number of carbonyl (C=O) groups excluding carboxylic acids is 4. The van der Waals surface area contributed by atoms with Crippen LogP contribution in [0.15, 0.2) is 96.3 Å². The minimum Gasteiger partial charge on any atom is -0.375 e. The summed E-state index contributed by atoms with van der Waals surface area (Å²) in [5.74, 6) is 0.0313. The van der Waals surface area contributed by atoms with Gasteiger partial charge in [-0.15, -0.1) is 10.2 Å². The third kappa shape index (κ3) is 10.0. The maximum absolute atomic E-state index is 14.8. The lowest BCUT2D eigenvalue weighted by Crippen LogP contribution is -2.52. The van der Waals surface area contributed by atoms with E-state index >= 15 is 0 Å². The van der Waals surface area contributed by atoms with Gasteiger partial charge in [0.15, 0.2) is 0 Å². The van der Waals surface area contributed by atoms with Gasteiger partial charge in [0.2, 0.25) is 11.8 Å². The lowest BCUT2D eigenvalue weighted by atomic mass is 9.72. The number of rotatable bonds is 14. The van der Waals surface area contributed by atoms with Crippen LogP contribution < -0.4 is 20.8 Å². The molecule has 392 valence electrons. The molecule has 5 aliphatic rings. The van der Waals surface area contributed by atoms with Gasteiger partial charge in [0, 0.05) is 114 Å². The molecule has 75 heavy (non-hydrogen) atoms. The third-order valence-corrected chi connectivity index (χ3v) is 15.9. The molecule has 3 aromatic carbocycles. The Morgan fingerprint density at radius 1 is 0.867 bits per heavy atom. The second-order valence-corrected chi connectivity index (χ2v) is 20.7. The number of piperazine rings is 1. The number of pyridine rings is 1. The van der Waals surface area contributed by atoms with Crippen molar-refractivity contribution < 1.29 is 37.1 Å². The maximum atomic E-state index is 14.8. The minimum absolute atomic E-state index is 0.0601. The van der Waals surface area contributed by atoms with Crippen molar-refractivity contribution in [1.82, 2.24) is 43.7 Å². The van der Waals surface area contributed by atoms with E-state index in [0.29, 0.717) is 60.9 Å². The Morgan fingerprint density at radius 2 is 1.63 bits per heavy atom. The molecule has 11 rings (SSSR count). The molecule has 0 bridgehead atoms. The summed E-state index contributed by atoms with van der Waals surface area (Å²) < 4.78 is 54.9. The molecule has 6 aromatic rings. The number of anilines is 2. The molecule has 4 aliphatic heterocycles. The first-order chi connectivity index (χ1) is 36.2. The number of alkyl halides is 3. The van der Waals surface area contributed by atoms with Crippen LogP contribution in [0.4, 0.5) is 24.5 Å². The Kier molecular flexibility index (Phi) is 13.6. The number of piperidine rings is 2. The largest absolute Gasteiger partial charge is 0.418 e. The van der Waals surface area contributed by atoms with Crippen LogP contribution in [0.25, 0.3) is 11.2 Å². The highest BCUT2D eigenvalue weighted by Crippen LogP contribution is 2.43. The summed E-state index contributed by atoms with van der Waals surface area (Å²) in [6.45, 7) is 5.31. The fraction of sp³-hybridized carbons (Fsp3) is 0.436. The number of imidazole rings is 1. The highest BCUT2D eigenvalue weighted by atomic mass is 19.4. The quantitative estimate of drug-likeness (QED) is 0.127. The average Bonchev–Trinajstić information content (AvgIpc) is 4.07. The molecule has 1 aliphatic carbocycles. The van der Waals surface area contributed by atoms with Crippen molar-refractivity contribution in [1.29, 1.82) is 0 Å². The molecule has 17 nitrogen and oxygen atoms in total. The molecular weight excluding hydrogens is 968 g/mol. The van der Waals surface area contributed by atoms with Gasteiger partial charge >= 0.3 is 11.9 Å². The molecule has 20 heteroatoms. The number of aryl methyl sites for hydroxylation is 1. The summed E-state index contributed by atoms with van der Waals surface area (Å²) in [4.78, 5) is 74.7. The third-order valence-electron chi connectivity index (χ3n) is 15.9. The van der Waals surface area contributed by atoms with Crippen LogP contribution in [0.2, 0.25) is 0 Å². The smallest absolute Gasteiger partial charge is 0.375 e. The molecular formula is C55H60F3N11O6. The number of hydrogen-bond acceptors (Lipinski definition) is 11. The first kappa shape index (κ1) is 49.9. The summed E-state index contributed by atoms with van der Waals surface area (Å²) in [6, 6.07) is 21.3. The predicted octanol–water partition coefficient (Wildman–Crippen LogP) is 6.01. The normalized spacial score (nSPS) is 20.1. The van der Waals surface area contributed by atoms with Crippen molar-refractivity contribution in [2.75, 3.05) is 69.3 Å². The van der Waals surface area contributed by atoms with Gasteiger partial charge in [-0.1, -0.05) is 18.6 Å². The molecule has 7 heterocycles. The fourth-order valence-corrected chi connectivity index (χ4v) is 11.6. The van der Waals surface area contributed by atoms with Crippen LogP contribution in [0, 0.1) is 5.92 Å². The number of imide groups is 1. The molecule has 1 N–H and O–H groups in total. The van der Waals surface area contributed by atoms with Crippen LogP contribution in [0.3, 0.4) is 0 Å². The number of amides is 4. The zero-order valence-corrected chi connectivity index (χ0v) is 42.0. The standard InChI is InChI=1S/C55H60F3N11O6/c1-62(52(72)37-11-13-40(14-12-37)65-20-22-66(23-21-65)41-15-16-44-39(28-41)31-68(53(44)73)46-17-18-48(70)60-51(46)71)24-25-75-43-10-5-19-64(32-43)29-35-26-45(55(56,57)58)47-33-67(54(74)69(47)30-35)42-9-4-8-38(27-42)49(36-6-3-7-36)50-61-59-34-63(50)2/h4,8-9,11-16,26-28,30,33-34,36,43,46,49H,3,5-7,10,17-25,29,31-32H2,1-2H3,(H,60,70,71)/t43-,46-,49-/m1/s1. The molecule has 4 fully saturated rings. The fourth-order valence-electron chi connectivity index (χ4n) is 11.6. The number of hydrogen-bond donors (Lipinski definition) is 1. The molecule has 1 saturated carbocycles. The molecule has 0 radical (unpaired) electrons. The topological polar surface area (TPSA) is 163 Å². The SMILES string of the molecule is CN(CCO[C@@H]1CCCN(Cc2cc(C(F)(F)F)c3cn(-c4cccc([C@H](c5nncn5C)C5CCC5)c4)c(=O)n3c2)C1)C(=O)c1ccc(N2CCN(c3ccc4c(c3)CN([C@@H]3CCC(=O)NC3=O)C4=O)CC2)cc1. The molecule has 4 amide bonds. The van der Waals surface area contributed by atoms with Crippen molar-refractivity contribution in [3.05, 3.63) is 141 Å². The highest BCUT2D eigenvalue weighted by molar-refractivity contribution is 6.05. The van der Waals surface area contributed by atoms with E-state index in [-0.39, 0.29) is 54.8 Å². The first-order valence-electron chi connectivity index (χ1n) is 25.9. The van der Waals surface area contributed by atoms with Crippen molar-refractivity contribution in [2.45, 2.75) is 82.3 Å². The summed E-state index contributed by atoms with van der Waals surface area (Å²) in [5, 5.41) is 10.8. The Morgan fingerprint density at radius 3 is 2.33 bits per heavy atom. The first-order valence-corrected chi connectivity index (χ1v) is 25.9. The Balaban J connectivity index is 0.672. The van der Waals surface area contributed by atoms with Gasteiger partial charge in [0.1, 0.15) is 18.2 Å². The van der Waals surface area contributed by atoms with Crippen LogP contribution in [0.5, 0.6) is 0 Å². The van der Waals surface area contributed by atoms with Gasteiger partial charge in [-0.2, -0.15) is 13.2 Å². The van der Waals surface area contributed by atoms with E-state index in [9.17, 15) is 37.1 Å². The average molecular weight is 1030 g/mol. The van der Waals surface area contributed by atoms with Crippen LogP contribution in [0.1, 0.15) is 99.7 Å². The number of likely N-dealkylation sites (tertiary alicyclic amines) is 1. The summed E-state index contributed by atoms with van der Waals surface area (Å²) >= 11 is 0. The minimum atomic E-state index is -4.71. The number of carbonyl (C=O) groups is 4. The number of benzene rings is 3. The van der Waals surface area contributed by atoms with Crippen LogP contribution in [-0.2, 0) is 40.6 Å². The number of aromatic nitrogens is 5. The predicted molar refractivity (Wildman–Crippen MR) is 273 cm³/mol. The Labute approximate surface area is 431 Å². The number of likely N-dealkylation sites (N-methyl/N-ethyl adjacent to an activating group) is 1. The monoisotopic (exact) mass is 1030 g/mol. The number of ether oxygens (including phenoxy) is 1. The van der Waals surface area contributed by atoms with Crippen molar-refractivity contribution in [3.8, 4) is 5.69 Å². The van der Waals surface area contributed by atoms with Crippen LogP contribution in [-0.4, -0.2) is 134 Å². The van der Waals surface area contributed by atoms with E-state index in [1.54, 1.807) is 29.2 Å². The molecule has 0 unspecified atom stereocenters. The summed E-state index contributed by atoms with van der Waals surface area (Å²) in [7, 11) is 3.63. The summed E-state index contributed by atoms with van der Waals surface area (Å²) in [5.41, 5.74) is 4.12. The van der Waals surface area contributed by atoms with E-state index in [1.807, 2.05) is 72.3 Å². The van der Waals surface area contributed by atoms with Crippen molar-refractivity contribution >= 4 is 40.5 Å². The molecule has 3 aromatic heterocycles. The number of nitrogens with one attached hydrogen (secondary N) is 1. The zero-order valence-electron chi connectivity index (χ0n) is 42.0. The Bertz CT molecular complexity index is 3210. The van der Waals surface area contributed by atoms with Gasteiger partial charge in [-0.25, -0.2) is 4.79 Å².